The Morgan fingerprint density at radius 3 is 2.48 bits per heavy atom. The number of rotatable bonds is 10. The Hall–Kier alpha value is -1.72. The van der Waals surface area contributed by atoms with Crippen molar-refractivity contribution < 1.29 is 19.1 Å². The molecule has 0 amide bonds. The lowest BCUT2D eigenvalue weighted by molar-refractivity contribution is 0.0304. The zero-order valence-electron chi connectivity index (χ0n) is 13.5. The molecule has 1 aliphatic heterocycles. The number of hydrogen-bond donors (Lipinski definition) is 1. The van der Waals surface area contributed by atoms with Crippen molar-refractivity contribution in [2.75, 3.05) is 26.3 Å². The van der Waals surface area contributed by atoms with Gasteiger partial charge in [0.1, 0.15) is 5.75 Å². The van der Waals surface area contributed by atoms with Crippen LogP contribution in [0, 0.1) is 0 Å². The number of benzene rings is 1. The predicted octanol–water partition coefficient (Wildman–Crippen LogP) is 2.63. The molecule has 1 heterocycles. The largest absolute Gasteiger partial charge is 0.494 e. The van der Waals surface area contributed by atoms with Gasteiger partial charge in [-0.2, -0.15) is 0 Å². The van der Waals surface area contributed by atoms with Gasteiger partial charge in [0.15, 0.2) is 12.6 Å². The van der Waals surface area contributed by atoms with Gasteiger partial charge < -0.3 is 14.8 Å². The molecule has 1 aromatic carbocycles. The van der Waals surface area contributed by atoms with Gasteiger partial charge in [-0.1, -0.05) is 0 Å². The van der Waals surface area contributed by atoms with Crippen molar-refractivity contribution in [3.63, 3.8) is 0 Å². The van der Waals surface area contributed by atoms with Crippen molar-refractivity contribution in [1.29, 1.82) is 0 Å². The highest BCUT2D eigenvalue weighted by molar-refractivity contribution is 5.90. The quantitative estimate of drug-likeness (QED) is 0.530. The zero-order chi connectivity index (χ0) is 16.3. The van der Waals surface area contributed by atoms with Crippen molar-refractivity contribution in [3.8, 4) is 5.75 Å². The maximum atomic E-state index is 10.9. The van der Waals surface area contributed by atoms with E-state index in [0.29, 0.717) is 42.2 Å². The van der Waals surface area contributed by atoms with Crippen LogP contribution in [0.15, 0.2) is 18.2 Å². The van der Waals surface area contributed by atoms with Gasteiger partial charge in [0.25, 0.3) is 0 Å². The van der Waals surface area contributed by atoms with Crippen molar-refractivity contribution in [3.05, 3.63) is 29.3 Å². The Balaban J connectivity index is 1.56. The third-order valence-electron chi connectivity index (χ3n) is 4.01. The highest BCUT2D eigenvalue weighted by atomic mass is 16.5. The molecule has 0 atom stereocenters. The van der Waals surface area contributed by atoms with Gasteiger partial charge >= 0.3 is 0 Å². The first-order chi connectivity index (χ1) is 11.3. The lowest BCUT2D eigenvalue weighted by Gasteiger charge is -2.22. The van der Waals surface area contributed by atoms with Crippen molar-refractivity contribution in [2.24, 2.45) is 0 Å². The fourth-order valence-corrected chi connectivity index (χ4v) is 2.64. The average Bonchev–Trinajstić information content (AvgIpc) is 2.61. The van der Waals surface area contributed by atoms with Gasteiger partial charge in [-0.15, -0.1) is 0 Å². The maximum absolute atomic E-state index is 10.9. The SMILES string of the molecule is O=Cc1ccc(OCCCCCOC2CCNCC2)cc1C=O. The van der Waals surface area contributed by atoms with Crippen molar-refractivity contribution in [2.45, 2.75) is 38.2 Å². The van der Waals surface area contributed by atoms with Crippen LogP contribution in [0.1, 0.15) is 52.8 Å². The number of carbonyl (C=O) groups excluding carboxylic acids is 2. The maximum Gasteiger partial charge on any atom is 0.150 e. The van der Waals surface area contributed by atoms with Crippen molar-refractivity contribution >= 4 is 12.6 Å². The summed E-state index contributed by atoms with van der Waals surface area (Å²) < 4.78 is 11.5. The van der Waals surface area contributed by atoms with E-state index in [1.165, 1.54) is 0 Å². The van der Waals surface area contributed by atoms with Crippen LogP contribution in [0.2, 0.25) is 0 Å². The third-order valence-corrected chi connectivity index (χ3v) is 4.01. The first kappa shape index (κ1) is 17.6. The summed E-state index contributed by atoms with van der Waals surface area (Å²) in [6.45, 7) is 3.54. The van der Waals surface area contributed by atoms with Gasteiger partial charge in [-0.05, 0) is 63.4 Å². The van der Waals surface area contributed by atoms with E-state index in [2.05, 4.69) is 5.32 Å². The number of ether oxygens (including phenoxy) is 2. The van der Waals surface area contributed by atoms with Crippen LogP contribution in [-0.2, 0) is 4.74 Å². The number of carbonyl (C=O) groups is 2. The Morgan fingerprint density at radius 1 is 1.00 bits per heavy atom. The van der Waals surface area contributed by atoms with Crippen molar-refractivity contribution in [1.82, 2.24) is 5.32 Å². The minimum absolute atomic E-state index is 0.368. The smallest absolute Gasteiger partial charge is 0.150 e. The second-order valence-electron chi connectivity index (χ2n) is 5.76. The van der Waals surface area contributed by atoms with E-state index in [1.807, 2.05) is 0 Å². The number of piperidine rings is 1. The molecule has 2 rings (SSSR count). The molecule has 1 aliphatic rings. The number of aldehydes is 2. The van der Waals surface area contributed by atoms with E-state index in [0.717, 1.165) is 51.8 Å². The van der Waals surface area contributed by atoms with Crippen LogP contribution < -0.4 is 10.1 Å². The van der Waals surface area contributed by atoms with E-state index in [9.17, 15) is 9.59 Å². The summed E-state index contributed by atoms with van der Waals surface area (Å²) >= 11 is 0. The molecule has 1 saturated heterocycles. The lowest BCUT2D eigenvalue weighted by Crippen LogP contribution is -2.32. The molecule has 1 aromatic rings. The van der Waals surface area contributed by atoms with Gasteiger partial charge in [0.2, 0.25) is 0 Å². The van der Waals surface area contributed by atoms with Crippen LogP contribution in [0.4, 0.5) is 0 Å². The second kappa shape index (κ2) is 10.1. The fourth-order valence-electron chi connectivity index (χ4n) is 2.64. The summed E-state index contributed by atoms with van der Waals surface area (Å²) in [5.74, 6) is 0.628. The molecular formula is C18H25NO4. The summed E-state index contributed by atoms with van der Waals surface area (Å²) in [4.78, 5) is 21.6. The number of hydrogen-bond acceptors (Lipinski definition) is 5. The number of unbranched alkanes of at least 4 members (excludes halogenated alkanes) is 2. The molecule has 0 saturated carbocycles. The summed E-state index contributed by atoms with van der Waals surface area (Å²) in [6, 6.07) is 4.94. The monoisotopic (exact) mass is 319 g/mol. The highest BCUT2D eigenvalue weighted by Gasteiger charge is 2.12. The summed E-state index contributed by atoms with van der Waals surface area (Å²) in [5, 5.41) is 3.33. The topological polar surface area (TPSA) is 64.6 Å². The van der Waals surface area contributed by atoms with E-state index in [4.69, 9.17) is 9.47 Å². The zero-order valence-corrected chi connectivity index (χ0v) is 13.5. The average molecular weight is 319 g/mol. The molecule has 0 aliphatic carbocycles. The normalized spacial score (nSPS) is 15.3. The van der Waals surface area contributed by atoms with E-state index < -0.39 is 0 Å². The van der Waals surface area contributed by atoms with Crippen LogP contribution >= 0.6 is 0 Å². The van der Waals surface area contributed by atoms with E-state index in [1.54, 1.807) is 18.2 Å². The summed E-state index contributed by atoms with van der Waals surface area (Å²) in [7, 11) is 0. The van der Waals surface area contributed by atoms with Crippen LogP contribution in [0.25, 0.3) is 0 Å². The number of nitrogens with one attached hydrogen (secondary N) is 1. The van der Waals surface area contributed by atoms with Gasteiger partial charge in [-0.3, -0.25) is 9.59 Å². The molecule has 0 unspecified atom stereocenters. The Morgan fingerprint density at radius 2 is 1.74 bits per heavy atom. The van der Waals surface area contributed by atoms with Gasteiger partial charge in [0.05, 0.1) is 12.7 Å². The van der Waals surface area contributed by atoms with Crippen LogP contribution in [0.3, 0.4) is 0 Å². The van der Waals surface area contributed by atoms with Gasteiger partial charge in [0, 0.05) is 17.7 Å². The molecule has 23 heavy (non-hydrogen) atoms. The fraction of sp³-hybridized carbons (Fsp3) is 0.556. The molecule has 1 N–H and O–H groups in total. The highest BCUT2D eigenvalue weighted by Crippen LogP contribution is 2.16. The Kier molecular flexibility index (Phi) is 7.77. The molecule has 1 fully saturated rings. The van der Waals surface area contributed by atoms with Crippen LogP contribution in [-0.4, -0.2) is 45.0 Å². The molecule has 0 radical (unpaired) electrons. The molecule has 5 nitrogen and oxygen atoms in total. The summed E-state index contributed by atoms with van der Waals surface area (Å²) in [5.41, 5.74) is 0.760. The molecule has 5 heteroatoms. The summed E-state index contributed by atoms with van der Waals surface area (Å²) in [6.07, 6.45) is 7.03. The minimum Gasteiger partial charge on any atom is -0.494 e. The standard InChI is InChI=1S/C18H25NO4/c20-13-15-4-5-18(12-16(15)14-21)23-11-3-1-2-10-22-17-6-8-19-9-7-17/h4-5,12-14,17,19H,1-3,6-11H2. The van der Waals surface area contributed by atoms with E-state index >= 15 is 0 Å². The lowest BCUT2D eigenvalue weighted by atomic mass is 10.1. The Bertz CT molecular complexity index is 498. The molecular weight excluding hydrogens is 294 g/mol. The van der Waals surface area contributed by atoms with E-state index in [-0.39, 0.29) is 0 Å². The van der Waals surface area contributed by atoms with Gasteiger partial charge in [-0.25, -0.2) is 0 Å². The predicted molar refractivity (Wildman–Crippen MR) is 88.4 cm³/mol. The third kappa shape index (κ3) is 6.12. The first-order valence-electron chi connectivity index (χ1n) is 8.33. The molecule has 0 spiro atoms. The molecule has 0 aromatic heterocycles. The molecule has 126 valence electrons. The van der Waals surface area contributed by atoms with Crippen LogP contribution in [0.5, 0.6) is 5.75 Å². The molecule has 0 bridgehead atoms. The second-order valence-corrected chi connectivity index (χ2v) is 5.76. The minimum atomic E-state index is 0.368. The first-order valence-corrected chi connectivity index (χ1v) is 8.33. The Labute approximate surface area is 137 Å².